The van der Waals surface area contributed by atoms with Gasteiger partial charge in [-0.2, -0.15) is 13.2 Å². The van der Waals surface area contributed by atoms with Crippen LogP contribution in [0.15, 0.2) is 24.3 Å². The van der Waals surface area contributed by atoms with Gasteiger partial charge >= 0.3 is 6.18 Å². The number of nitrogens with two attached hydrogens (primary N) is 1. The van der Waals surface area contributed by atoms with E-state index in [0.717, 1.165) is 5.56 Å². The van der Waals surface area contributed by atoms with Crippen LogP contribution in [0.4, 0.5) is 13.2 Å². The third-order valence-electron chi connectivity index (χ3n) is 2.44. The molecule has 1 rings (SSSR count). The van der Waals surface area contributed by atoms with E-state index < -0.39 is 18.8 Å². The van der Waals surface area contributed by atoms with E-state index in [4.69, 9.17) is 5.73 Å². The first kappa shape index (κ1) is 19.7. The van der Waals surface area contributed by atoms with Gasteiger partial charge in [0.15, 0.2) is 0 Å². The van der Waals surface area contributed by atoms with Crippen LogP contribution in [0.3, 0.4) is 0 Å². The number of nitrogens with one attached hydrogen (secondary N) is 1. The van der Waals surface area contributed by atoms with Crippen LogP contribution in [-0.2, 0) is 22.7 Å². The highest BCUT2D eigenvalue weighted by Gasteiger charge is 2.27. The highest BCUT2D eigenvalue weighted by atomic mass is 35.5. The Kier molecular flexibility index (Phi) is 8.31. The van der Waals surface area contributed by atoms with Gasteiger partial charge in [-0.3, -0.25) is 4.79 Å². The van der Waals surface area contributed by atoms with E-state index in [1.54, 1.807) is 31.2 Å². The normalized spacial score (nSPS) is 12.4. The topological polar surface area (TPSA) is 64.4 Å². The Morgan fingerprint density at radius 1 is 1.29 bits per heavy atom. The molecule has 0 heterocycles. The van der Waals surface area contributed by atoms with Crippen molar-refractivity contribution in [3.8, 4) is 0 Å². The van der Waals surface area contributed by atoms with Gasteiger partial charge in [-0.05, 0) is 18.1 Å². The van der Waals surface area contributed by atoms with Gasteiger partial charge in [-0.25, -0.2) is 0 Å². The minimum absolute atomic E-state index is 0. The van der Waals surface area contributed by atoms with Crippen LogP contribution in [0.1, 0.15) is 18.1 Å². The van der Waals surface area contributed by atoms with E-state index >= 15 is 0 Å². The summed E-state index contributed by atoms with van der Waals surface area (Å²) in [5.74, 6) is -0.261. The predicted molar refractivity (Wildman–Crippen MR) is 74.9 cm³/mol. The minimum Gasteiger partial charge on any atom is -0.367 e. The zero-order chi connectivity index (χ0) is 15.2. The van der Waals surface area contributed by atoms with Gasteiger partial charge in [-0.1, -0.05) is 24.3 Å². The smallest absolute Gasteiger partial charge is 0.367 e. The van der Waals surface area contributed by atoms with Gasteiger partial charge in [0.1, 0.15) is 6.61 Å². The number of alkyl halides is 3. The SMILES string of the molecule is CC(N)C(=O)NCc1ccc(COCC(F)(F)F)cc1.Cl. The first-order valence-corrected chi connectivity index (χ1v) is 6.03. The van der Waals surface area contributed by atoms with Gasteiger partial charge in [0.05, 0.1) is 12.6 Å². The molecular formula is C13H18ClF3N2O2. The number of benzene rings is 1. The lowest BCUT2D eigenvalue weighted by atomic mass is 10.1. The molecule has 0 aliphatic heterocycles. The molecule has 0 aliphatic carbocycles. The summed E-state index contributed by atoms with van der Waals surface area (Å²) < 4.78 is 40.2. The highest BCUT2D eigenvalue weighted by molar-refractivity contribution is 5.85. The third-order valence-corrected chi connectivity index (χ3v) is 2.44. The number of carbonyl (C=O) groups is 1. The van der Waals surface area contributed by atoms with Crippen LogP contribution in [0.25, 0.3) is 0 Å². The average molecular weight is 327 g/mol. The first-order valence-electron chi connectivity index (χ1n) is 6.03. The number of amides is 1. The second-order valence-electron chi connectivity index (χ2n) is 4.43. The van der Waals surface area contributed by atoms with Crippen molar-refractivity contribution in [3.63, 3.8) is 0 Å². The summed E-state index contributed by atoms with van der Waals surface area (Å²) in [6, 6.07) is 6.17. The molecule has 1 unspecified atom stereocenters. The van der Waals surface area contributed by atoms with Gasteiger partial charge in [0, 0.05) is 6.54 Å². The summed E-state index contributed by atoms with van der Waals surface area (Å²) in [7, 11) is 0. The molecule has 8 heteroatoms. The van der Waals surface area contributed by atoms with Crippen LogP contribution < -0.4 is 11.1 Å². The maximum Gasteiger partial charge on any atom is 0.411 e. The summed E-state index contributed by atoms with van der Waals surface area (Å²) in [6.07, 6.45) is -4.32. The second kappa shape index (κ2) is 8.86. The standard InChI is InChI=1S/C13H17F3N2O2.ClH/c1-9(17)12(19)18-6-10-2-4-11(5-3-10)7-20-8-13(14,15)16;/h2-5,9H,6-8,17H2,1H3,(H,18,19);1H. The lowest BCUT2D eigenvalue weighted by Gasteiger charge is -2.09. The molecule has 1 atom stereocenters. The Hall–Kier alpha value is -1.31. The summed E-state index contributed by atoms with van der Waals surface area (Å²) >= 11 is 0. The molecular weight excluding hydrogens is 309 g/mol. The fraction of sp³-hybridized carbons (Fsp3) is 0.462. The van der Waals surface area contributed by atoms with E-state index in [9.17, 15) is 18.0 Å². The maximum atomic E-state index is 11.9. The number of hydrogen-bond acceptors (Lipinski definition) is 3. The molecule has 0 spiro atoms. The molecule has 4 nitrogen and oxygen atoms in total. The lowest BCUT2D eigenvalue weighted by Crippen LogP contribution is -2.37. The summed E-state index contributed by atoms with van der Waals surface area (Å²) in [6.45, 7) is 0.533. The zero-order valence-corrected chi connectivity index (χ0v) is 12.3. The molecule has 120 valence electrons. The van der Waals surface area contributed by atoms with E-state index in [-0.39, 0.29) is 24.9 Å². The van der Waals surface area contributed by atoms with Crippen LogP contribution in [-0.4, -0.2) is 24.7 Å². The fourth-order valence-electron chi connectivity index (χ4n) is 1.39. The van der Waals surface area contributed by atoms with Crippen LogP contribution in [0.5, 0.6) is 0 Å². The summed E-state index contributed by atoms with van der Waals surface area (Å²) in [5.41, 5.74) is 6.86. The Morgan fingerprint density at radius 2 is 1.81 bits per heavy atom. The quantitative estimate of drug-likeness (QED) is 0.842. The Balaban J connectivity index is 0.00000400. The van der Waals surface area contributed by atoms with Crippen LogP contribution in [0.2, 0.25) is 0 Å². The largest absolute Gasteiger partial charge is 0.411 e. The highest BCUT2D eigenvalue weighted by Crippen LogP contribution is 2.15. The maximum absolute atomic E-state index is 11.9. The minimum atomic E-state index is -4.32. The second-order valence-corrected chi connectivity index (χ2v) is 4.43. The monoisotopic (exact) mass is 326 g/mol. The molecule has 0 fully saturated rings. The zero-order valence-electron chi connectivity index (χ0n) is 11.4. The van der Waals surface area contributed by atoms with Crippen molar-refractivity contribution in [2.24, 2.45) is 5.73 Å². The van der Waals surface area contributed by atoms with Crippen molar-refractivity contribution in [2.75, 3.05) is 6.61 Å². The molecule has 0 saturated carbocycles. The number of ether oxygens (including phenoxy) is 1. The van der Waals surface area contributed by atoms with Crippen molar-refractivity contribution in [1.82, 2.24) is 5.32 Å². The fourth-order valence-corrected chi connectivity index (χ4v) is 1.39. The Morgan fingerprint density at radius 3 is 2.29 bits per heavy atom. The third kappa shape index (κ3) is 8.54. The van der Waals surface area contributed by atoms with E-state index in [2.05, 4.69) is 10.1 Å². The van der Waals surface area contributed by atoms with Gasteiger partial charge in [0.2, 0.25) is 5.91 Å². The number of halogens is 4. The van der Waals surface area contributed by atoms with Crippen molar-refractivity contribution in [2.45, 2.75) is 32.3 Å². The molecule has 1 aromatic rings. The molecule has 0 radical (unpaired) electrons. The van der Waals surface area contributed by atoms with E-state index in [1.807, 2.05) is 0 Å². The molecule has 0 saturated heterocycles. The van der Waals surface area contributed by atoms with Crippen molar-refractivity contribution >= 4 is 18.3 Å². The van der Waals surface area contributed by atoms with Crippen molar-refractivity contribution in [3.05, 3.63) is 35.4 Å². The lowest BCUT2D eigenvalue weighted by molar-refractivity contribution is -0.176. The number of hydrogen-bond donors (Lipinski definition) is 2. The first-order chi connectivity index (χ1) is 9.28. The number of carbonyl (C=O) groups excluding carboxylic acids is 1. The van der Waals surface area contributed by atoms with Crippen molar-refractivity contribution in [1.29, 1.82) is 0 Å². The van der Waals surface area contributed by atoms with Crippen LogP contribution in [0, 0.1) is 0 Å². The predicted octanol–water partition coefficient (Wildman–Crippen LogP) is 2.15. The number of rotatable bonds is 6. The Labute approximate surface area is 127 Å². The van der Waals surface area contributed by atoms with E-state index in [0.29, 0.717) is 12.1 Å². The van der Waals surface area contributed by atoms with Gasteiger partial charge in [0.25, 0.3) is 0 Å². The molecule has 1 amide bonds. The molecule has 0 bridgehead atoms. The molecule has 0 aliphatic rings. The molecule has 0 aromatic heterocycles. The average Bonchev–Trinajstić information content (AvgIpc) is 2.35. The van der Waals surface area contributed by atoms with Gasteiger partial charge < -0.3 is 15.8 Å². The van der Waals surface area contributed by atoms with E-state index in [1.165, 1.54) is 0 Å². The van der Waals surface area contributed by atoms with Crippen LogP contribution >= 0.6 is 12.4 Å². The summed E-state index contributed by atoms with van der Waals surface area (Å²) in [5, 5.41) is 2.64. The molecule has 1 aromatic carbocycles. The van der Waals surface area contributed by atoms with Crippen molar-refractivity contribution < 1.29 is 22.7 Å². The molecule has 3 N–H and O–H groups in total. The Bertz CT molecular complexity index is 436. The molecule has 21 heavy (non-hydrogen) atoms. The summed E-state index contributed by atoms with van der Waals surface area (Å²) in [4.78, 5) is 11.3. The van der Waals surface area contributed by atoms with Gasteiger partial charge in [-0.15, -0.1) is 12.4 Å².